The summed E-state index contributed by atoms with van der Waals surface area (Å²) in [5.74, 6) is -1.02. The molecule has 0 atom stereocenters. The van der Waals surface area contributed by atoms with Crippen molar-refractivity contribution in [2.45, 2.75) is 0 Å². The van der Waals surface area contributed by atoms with E-state index in [9.17, 15) is 9.18 Å². The molecule has 1 heterocycles. The number of likely N-dealkylation sites (N-methyl/N-ethyl adjacent to an activating group) is 1. The molecule has 1 aromatic carbocycles. The molecule has 2 rings (SSSR count). The predicted molar refractivity (Wildman–Crippen MR) is 67.1 cm³/mol. The van der Waals surface area contributed by atoms with Crippen LogP contribution in [0.1, 0.15) is 10.4 Å². The number of nitrogens with one attached hydrogen (secondary N) is 2. The normalized spacial score (nSPS) is 17.7. The lowest BCUT2D eigenvalue weighted by atomic mass is 10.2. The van der Waals surface area contributed by atoms with E-state index >= 15 is 0 Å². The second-order valence-electron chi connectivity index (χ2n) is 4.51. The van der Waals surface area contributed by atoms with Crippen molar-refractivity contribution in [1.29, 1.82) is 0 Å². The van der Waals surface area contributed by atoms with Crippen molar-refractivity contribution in [2.75, 3.05) is 33.2 Å². The zero-order valence-electron chi connectivity index (χ0n) is 10.2. The maximum atomic E-state index is 13.5. The molecular weight excluding hydrogens is 257 g/mol. The molecule has 98 valence electrons. The van der Waals surface area contributed by atoms with Crippen molar-refractivity contribution < 1.29 is 14.1 Å². The van der Waals surface area contributed by atoms with Gasteiger partial charge < -0.3 is 4.90 Å². The van der Waals surface area contributed by atoms with Gasteiger partial charge in [-0.05, 0) is 18.2 Å². The van der Waals surface area contributed by atoms with Gasteiger partial charge in [-0.25, -0.2) is 9.40 Å². The number of hydrazine groups is 1. The molecule has 0 radical (unpaired) electrons. The lowest BCUT2D eigenvalue weighted by molar-refractivity contribution is -0.884. The summed E-state index contributed by atoms with van der Waals surface area (Å²) in [6.45, 7) is 3.46. The lowest BCUT2D eigenvalue weighted by Gasteiger charge is -2.30. The minimum absolute atomic E-state index is 0.0191. The maximum Gasteiger partial charge on any atom is 0.268 e. The quantitative estimate of drug-likeness (QED) is 0.792. The summed E-state index contributed by atoms with van der Waals surface area (Å²) in [5, 5.41) is 2.11. The van der Waals surface area contributed by atoms with Crippen molar-refractivity contribution in [2.24, 2.45) is 0 Å². The van der Waals surface area contributed by atoms with Crippen LogP contribution >= 0.6 is 11.6 Å². The predicted octanol–water partition coefficient (Wildman–Crippen LogP) is -0.0458. The van der Waals surface area contributed by atoms with Crippen molar-refractivity contribution in [3.63, 3.8) is 0 Å². The van der Waals surface area contributed by atoms with Crippen LogP contribution in [0, 0.1) is 5.82 Å². The Morgan fingerprint density at radius 2 is 2.11 bits per heavy atom. The van der Waals surface area contributed by atoms with Crippen molar-refractivity contribution in [3.8, 4) is 0 Å². The van der Waals surface area contributed by atoms with Gasteiger partial charge >= 0.3 is 0 Å². The van der Waals surface area contributed by atoms with Crippen molar-refractivity contribution in [1.82, 2.24) is 10.4 Å². The first-order valence-electron chi connectivity index (χ1n) is 5.88. The third kappa shape index (κ3) is 3.19. The number of hydrogen-bond acceptors (Lipinski definition) is 2. The highest BCUT2D eigenvalue weighted by Gasteiger charge is 2.20. The maximum absolute atomic E-state index is 13.5. The Bertz CT molecular complexity index is 447. The van der Waals surface area contributed by atoms with Crippen LogP contribution in [-0.2, 0) is 0 Å². The molecule has 2 N–H and O–H groups in total. The summed E-state index contributed by atoms with van der Waals surface area (Å²) in [5.41, 5.74) is 2.73. The van der Waals surface area contributed by atoms with E-state index in [-0.39, 0.29) is 10.6 Å². The molecule has 4 nitrogen and oxygen atoms in total. The largest absolute Gasteiger partial charge is 0.335 e. The van der Waals surface area contributed by atoms with Gasteiger partial charge in [-0.3, -0.25) is 10.2 Å². The average molecular weight is 273 g/mol. The zero-order valence-corrected chi connectivity index (χ0v) is 10.9. The number of piperazine rings is 1. The molecule has 18 heavy (non-hydrogen) atoms. The molecule has 0 saturated carbocycles. The first-order valence-corrected chi connectivity index (χ1v) is 6.26. The topological polar surface area (TPSA) is 36.8 Å². The number of carbonyl (C=O) groups excluding carboxylic acids is 1. The molecule has 1 amide bonds. The summed E-state index contributed by atoms with van der Waals surface area (Å²) in [6, 6.07) is 4.05. The minimum atomic E-state index is -0.597. The summed E-state index contributed by atoms with van der Waals surface area (Å²) in [4.78, 5) is 13.3. The molecule has 1 aliphatic rings. The molecule has 1 aromatic rings. The van der Waals surface area contributed by atoms with Gasteiger partial charge in [0.05, 0.1) is 38.8 Å². The Kier molecular flexibility index (Phi) is 4.16. The fourth-order valence-electron chi connectivity index (χ4n) is 1.88. The third-order valence-corrected chi connectivity index (χ3v) is 3.29. The third-order valence-electron chi connectivity index (χ3n) is 3.05. The number of amides is 1. The van der Waals surface area contributed by atoms with Gasteiger partial charge in [0.15, 0.2) is 0 Å². The number of nitrogens with zero attached hydrogens (tertiary/aromatic N) is 1. The van der Waals surface area contributed by atoms with Gasteiger partial charge in [0.25, 0.3) is 5.91 Å². The highest BCUT2D eigenvalue weighted by atomic mass is 35.5. The van der Waals surface area contributed by atoms with Crippen LogP contribution in [0.25, 0.3) is 0 Å². The van der Waals surface area contributed by atoms with Crippen molar-refractivity contribution in [3.05, 3.63) is 34.6 Å². The molecule has 6 heteroatoms. The molecule has 0 unspecified atom stereocenters. The van der Waals surface area contributed by atoms with Crippen LogP contribution in [0.2, 0.25) is 5.02 Å². The molecule has 0 aliphatic carbocycles. The second kappa shape index (κ2) is 5.65. The Labute approximate surface area is 110 Å². The first kappa shape index (κ1) is 13.3. The van der Waals surface area contributed by atoms with Crippen LogP contribution in [0.3, 0.4) is 0 Å². The van der Waals surface area contributed by atoms with Gasteiger partial charge in [-0.1, -0.05) is 11.6 Å². The fourth-order valence-corrected chi connectivity index (χ4v) is 2.04. The molecule has 0 spiro atoms. The zero-order chi connectivity index (χ0) is 13.1. The van der Waals surface area contributed by atoms with Crippen LogP contribution in [-0.4, -0.2) is 44.1 Å². The first-order chi connectivity index (χ1) is 8.56. The van der Waals surface area contributed by atoms with E-state index in [1.54, 1.807) is 0 Å². The van der Waals surface area contributed by atoms with Gasteiger partial charge in [-0.15, -0.1) is 0 Å². The standard InChI is InChI=1S/C12H15ClFN3O/c1-16-4-6-17(7-5-16)15-12(18)10-3-2-9(13)8-11(10)14/h2-3,8H,4-7H2,1H3,(H,15,18)/p+1. The van der Waals surface area contributed by atoms with Crippen LogP contribution < -0.4 is 10.3 Å². The number of benzene rings is 1. The van der Waals surface area contributed by atoms with E-state index < -0.39 is 11.7 Å². The van der Waals surface area contributed by atoms with Crippen molar-refractivity contribution >= 4 is 17.5 Å². The van der Waals surface area contributed by atoms with Gasteiger partial charge in [-0.2, -0.15) is 0 Å². The van der Waals surface area contributed by atoms with E-state index in [1.165, 1.54) is 17.0 Å². The molecule has 1 saturated heterocycles. The average Bonchev–Trinajstić information content (AvgIpc) is 2.32. The molecule has 1 aliphatic heterocycles. The van der Waals surface area contributed by atoms with E-state index in [0.29, 0.717) is 0 Å². The minimum Gasteiger partial charge on any atom is -0.335 e. The van der Waals surface area contributed by atoms with Crippen LogP contribution in [0.15, 0.2) is 18.2 Å². The summed E-state index contributed by atoms with van der Waals surface area (Å²) >= 11 is 5.64. The molecule has 0 aromatic heterocycles. The smallest absolute Gasteiger partial charge is 0.268 e. The number of quaternary nitrogens is 1. The Hall–Kier alpha value is -1.17. The van der Waals surface area contributed by atoms with E-state index in [4.69, 9.17) is 11.6 Å². The van der Waals surface area contributed by atoms with E-state index in [0.717, 1.165) is 32.2 Å². The Morgan fingerprint density at radius 1 is 1.44 bits per heavy atom. The summed E-state index contributed by atoms with van der Waals surface area (Å²) in [7, 11) is 2.11. The van der Waals surface area contributed by atoms with Gasteiger partial charge in [0, 0.05) is 5.02 Å². The lowest BCUT2D eigenvalue weighted by Crippen LogP contribution is -3.12. The number of hydrogen-bond donors (Lipinski definition) is 2. The molecule has 1 fully saturated rings. The number of halogens is 2. The highest BCUT2D eigenvalue weighted by molar-refractivity contribution is 6.30. The van der Waals surface area contributed by atoms with Gasteiger partial charge in [0.2, 0.25) is 0 Å². The summed E-state index contributed by atoms with van der Waals surface area (Å²) < 4.78 is 13.5. The highest BCUT2D eigenvalue weighted by Crippen LogP contribution is 2.14. The van der Waals surface area contributed by atoms with Crippen LogP contribution in [0.4, 0.5) is 4.39 Å². The molecule has 0 bridgehead atoms. The van der Waals surface area contributed by atoms with Crippen LogP contribution in [0.5, 0.6) is 0 Å². The number of rotatable bonds is 2. The monoisotopic (exact) mass is 272 g/mol. The van der Waals surface area contributed by atoms with Gasteiger partial charge in [0.1, 0.15) is 5.82 Å². The fraction of sp³-hybridized carbons (Fsp3) is 0.417. The Balaban J connectivity index is 1.99. The van der Waals surface area contributed by atoms with E-state index in [2.05, 4.69) is 12.5 Å². The SMILES string of the molecule is C[NH+]1CCN(NC(=O)c2ccc(Cl)cc2F)CC1. The van der Waals surface area contributed by atoms with E-state index in [1.807, 2.05) is 5.01 Å². The second-order valence-corrected chi connectivity index (χ2v) is 4.95. The summed E-state index contributed by atoms with van der Waals surface area (Å²) in [6.07, 6.45) is 0. The number of carbonyl (C=O) groups is 1. The Morgan fingerprint density at radius 3 is 2.72 bits per heavy atom. The molecular formula is C12H16ClFN3O+.